The van der Waals surface area contributed by atoms with E-state index in [4.69, 9.17) is 5.73 Å². The first-order chi connectivity index (χ1) is 5.76. The second-order valence-corrected chi connectivity index (χ2v) is 4.67. The lowest BCUT2D eigenvalue weighted by molar-refractivity contribution is 0.217. The van der Waals surface area contributed by atoms with Crippen molar-refractivity contribution in [1.82, 2.24) is 4.90 Å². The first kappa shape index (κ1) is 8.52. The molecule has 2 fully saturated rings. The van der Waals surface area contributed by atoms with Crippen LogP contribution in [0.15, 0.2) is 0 Å². The number of likely N-dealkylation sites (tertiary alicyclic amines) is 1. The van der Waals surface area contributed by atoms with Crippen molar-refractivity contribution >= 4 is 0 Å². The molecular formula is C10H20N2. The molecule has 70 valence electrons. The molecule has 2 rings (SSSR count). The van der Waals surface area contributed by atoms with Crippen LogP contribution in [0.1, 0.15) is 32.6 Å². The highest BCUT2D eigenvalue weighted by Gasteiger charge is 2.43. The zero-order valence-corrected chi connectivity index (χ0v) is 8.05. The molecule has 1 saturated carbocycles. The molecule has 1 aliphatic carbocycles. The van der Waals surface area contributed by atoms with Gasteiger partial charge in [0.15, 0.2) is 0 Å². The Labute approximate surface area is 75.1 Å². The first-order valence-electron chi connectivity index (χ1n) is 5.20. The molecule has 2 nitrogen and oxygen atoms in total. The van der Waals surface area contributed by atoms with Gasteiger partial charge in [-0.3, -0.25) is 0 Å². The lowest BCUT2D eigenvalue weighted by Gasteiger charge is -2.25. The van der Waals surface area contributed by atoms with Crippen molar-refractivity contribution in [2.45, 2.75) is 38.6 Å². The standard InChI is InChI=1S/C10H20N2/c1-9-3-2-6-12(9)8-10(7-11)4-5-10/h9H,2-8,11H2,1H3. The monoisotopic (exact) mass is 168 g/mol. The fraction of sp³-hybridized carbons (Fsp3) is 1.00. The third kappa shape index (κ3) is 1.50. The van der Waals surface area contributed by atoms with Crippen LogP contribution in [0.4, 0.5) is 0 Å². The minimum Gasteiger partial charge on any atom is -0.330 e. The van der Waals surface area contributed by atoms with Gasteiger partial charge in [0, 0.05) is 12.6 Å². The molecule has 2 heteroatoms. The van der Waals surface area contributed by atoms with Crippen LogP contribution in [-0.2, 0) is 0 Å². The van der Waals surface area contributed by atoms with Gasteiger partial charge in [0.2, 0.25) is 0 Å². The van der Waals surface area contributed by atoms with E-state index in [1.54, 1.807) is 0 Å². The van der Waals surface area contributed by atoms with Gasteiger partial charge in [-0.15, -0.1) is 0 Å². The van der Waals surface area contributed by atoms with Gasteiger partial charge in [-0.05, 0) is 51.1 Å². The summed E-state index contributed by atoms with van der Waals surface area (Å²) in [6.07, 6.45) is 5.52. The molecule has 0 bridgehead atoms. The Morgan fingerprint density at radius 3 is 2.67 bits per heavy atom. The van der Waals surface area contributed by atoms with Crippen molar-refractivity contribution in [3.8, 4) is 0 Å². The van der Waals surface area contributed by atoms with E-state index >= 15 is 0 Å². The summed E-state index contributed by atoms with van der Waals surface area (Å²) < 4.78 is 0. The van der Waals surface area contributed by atoms with Gasteiger partial charge in [-0.2, -0.15) is 0 Å². The molecule has 12 heavy (non-hydrogen) atoms. The molecule has 1 unspecified atom stereocenters. The number of nitrogens with two attached hydrogens (primary N) is 1. The number of rotatable bonds is 3. The van der Waals surface area contributed by atoms with Crippen LogP contribution in [-0.4, -0.2) is 30.6 Å². The third-order valence-corrected chi connectivity index (χ3v) is 3.62. The highest BCUT2D eigenvalue weighted by molar-refractivity contribution is 4.97. The van der Waals surface area contributed by atoms with Gasteiger partial charge < -0.3 is 10.6 Å². The molecule has 0 aromatic carbocycles. The van der Waals surface area contributed by atoms with Crippen molar-refractivity contribution in [1.29, 1.82) is 0 Å². The molecule has 2 aliphatic rings. The van der Waals surface area contributed by atoms with Gasteiger partial charge in [-0.1, -0.05) is 0 Å². The van der Waals surface area contributed by atoms with Crippen LogP contribution in [0.2, 0.25) is 0 Å². The van der Waals surface area contributed by atoms with E-state index in [2.05, 4.69) is 11.8 Å². The third-order valence-electron chi connectivity index (χ3n) is 3.62. The van der Waals surface area contributed by atoms with E-state index in [1.807, 2.05) is 0 Å². The molecule has 0 amide bonds. The van der Waals surface area contributed by atoms with Crippen LogP contribution in [0.25, 0.3) is 0 Å². The summed E-state index contributed by atoms with van der Waals surface area (Å²) in [6, 6.07) is 0.814. The fourth-order valence-corrected chi connectivity index (χ4v) is 2.26. The quantitative estimate of drug-likeness (QED) is 0.686. The highest BCUT2D eigenvalue weighted by atomic mass is 15.2. The molecule has 0 radical (unpaired) electrons. The van der Waals surface area contributed by atoms with Gasteiger partial charge in [0.05, 0.1) is 0 Å². The van der Waals surface area contributed by atoms with Crippen molar-refractivity contribution in [3.05, 3.63) is 0 Å². The van der Waals surface area contributed by atoms with Gasteiger partial charge in [0.25, 0.3) is 0 Å². The van der Waals surface area contributed by atoms with Crippen LogP contribution < -0.4 is 5.73 Å². The first-order valence-corrected chi connectivity index (χ1v) is 5.20. The minimum atomic E-state index is 0.540. The average molecular weight is 168 g/mol. The Morgan fingerprint density at radius 1 is 1.50 bits per heavy atom. The van der Waals surface area contributed by atoms with Crippen molar-refractivity contribution in [2.24, 2.45) is 11.1 Å². The van der Waals surface area contributed by atoms with Crippen LogP contribution in [0, 0.1) is 5.41 Å². The van der Waals surface area contributed by atoms with E-state index < -0.39 is 0 Å². The SMILES string of the molecule is CC1CCCN1CC1(CN)CC1. The molecule has 1 aliphatic heterocycles. The lowest BCUT2D eigenvalue weighted by Crippen LogP contribution is -2.36. The van der Waals surface area contributed by atoms with E-state index in [1.165, 1.54) is 38.8 Å². The van der Waals surface area contributed by atoms with E-state index in [0.717, 1.165) is 12.6 Å². The van der Waals surface area contributed by atoms with Crippen LogP contribution >= 0.6 is 0 Å². The van der Waals surface area contributed by atoms with Crippen molar-refractivity contribution in [2.75, 3.05) is 19.6 Å². The molecule has 0 aromatic rings. The Bertz CT molecular complexity index is 163. The van der Waals surface area contributed by atoms with Gasteiger partial charge >= 0.3 is 0 Å². The summed E-state index contributed by atoms with van der Waals surface area (Å²) in [5, 5.41) is 0. The average Bonchev–Trinajstić information content (AvgIpc) is 2.74. The molecule has 0 spiro atoms. The molecule has 1 atom stereocenters. The van der Waals surface area contributed by atoms with Crippen LogP contribution in [0.5, 0.6) is 0 Å². The second-order valence-electron chi connectivity index (χ2n) is 4.67. The largest absolute Gasteiger partial charge is 0.330 e. The zero-order chi connectivity index (χ0) is 8.60. The minimum absolute atomic E-state index is 0.540. The Morgan fingerprint density at radius 2 is 2.25 bits per heavy atom. The van der Waals surface area contributed by atoms with Gasteiger partial charge in [-0.25, -0.2) is 0 Å². The maximum atomic E-state index is 5.77. The topological polar surface area (TPSA) is 29.3 Å². The smallest absolute Gasteiger partial charge is 0.00676 e. The summed E-state index contributed by atoms with van der Waals surface area (Å²) in [5.41, 5.74) is 6.31. The maximum absolute atomic E-state index is 5.77. The number of hydrogen-bond donors (Lipinski definition) is 1. The fourth-order valence-electron chi connectivity index (χ4n) is 2.26. The van der Waals surface area contributed by atoms with Crippen molar-refractivity contribution < 1.29 is 0 Å². The number of nitrogens with zero attached hydrogens (tertiary/aromatic N) is 1. The normalized spacial score (nSPS) is 34.0. The summed E-state index contributed by atoms with van der Waals surface area (Å²) in [5.74, 6) is 0. The number of hydrogen-bond acceptors (Lipinski definition) is 2. The summed E-state index contributed by atoms with van der Waals surface area (Å²) in [7, 11) is 0. The molecular weight excluding hydrogens is 148 g/mol. The molecule has 2 N–H and O–H groups in total. The Balaban J connectivity index is 1.86. The van der Waals surface area contributed by atoms with E-state index in [0.29, 0.717) is 5.41 Å². The summed E-state index contributed by atoms with van der Waals surface area (Å²) in [4.78, 5) is 2.62. The Hall–Kier alpha value is -0.0800. The van der Waals surface area contributed by atoms with Crippen molar-refractivity contribution in [3.63, 3.8) is 0 Å². The summed E-state index contributed by atoms with van der Waals surface area (Å²) in [6.45, 7) is 5.82. The van der Waals surface area contributed by atoms with Gasteiger partial charge in [0.1, 0.15) is 0 Å². The molecule has 1 saturated heterocycles. The predicted octanol–water partition coefficient (Wildman–Crippen LogP) is 1.21. The molecule has 0 aromatic heterocycles. The summed E-state index contributed by atoms with van der Waals surface area (Å²) >= 11 is 0. The maximum Gasteiger partial charge on any atom is 0.00676 e. The lowest BCUT2D eigenvalue weighted by atomic mass is 10.1. The predicted molar refractivity (Wildman–Crippen MR) is 51.0 cm³/mol. The van der Waals surface area contributed by atoms with E-state index in [9.17, 15) is 0 Å². The highest BCUT2D eigenvalue weighted by Crippen LogP contribution is 2.45. The zero-order valence-electron chi connectivity index (χ0n) is 8.05. The van der Waals surface area contributed by atoms with E-state index in [-0.39, 0.29) is 0 Å². The second kappa shape index (κ2) is 3.00. The van der Waals surface area contributed by atoms with Crippen LogP contribution in [0.3, 0.4) is 0 Å². The Kier molecular flexibility index (Phi) is 2.13. The molecule has 1 heterocycles.